The number of aldehydes is 1. The second kappa shape index (κ2) is 4.97. The number of pyridine rings is 1. The molecule has 0 fully saturated rings. The second-order valence-electron chi connectivity index (χ2n) is 4.01. The highest BCUT2D eigenvalue weighted by molar-refractivity contribution is 5.81. The molecule has 0 amide bonds. The minimum atomic E-state index is 0.166. The first-order valence-corrected chi connectivity index (χ1v) is 5.77. The van der Waals surface area contributed by atoms with Crippen LogP contribution in [0.15, 0.2) is 36.7 Å². The van der Waals surface area contributed by atoms with Crippen molar-refractivity contribution >= 4 is 6.29 Å². The van der Waals surface area contributed by atoms with Gasteiger partial charge in [0, 0.05) is 24.0 Å². The average Bonchev–Trinajstić information content (AvgIpc) is 2.92. The zero-order valence-electron chi connectivity index (χ0n) is 10.0. The molecule has 0 radical (unpaired) electrons. The van der Waals surface area contributed by atoms with Gasteiger partial charge in [-0.05, 0) is 12.1 Å². The maximum absolute atomic E-state index is 11.0. The molecule has 0 N–H and O–H groups in total. The molecular weight excluding hydrogens is 246 g/mol. The van der Waals surface area contributed by atoms with Crippen LogP contribution in [0.25, 0.3) is 0 Å². The predicted octanol–water partition coefficient (Wildman–Crippen LogP) is 2.20. The second-order valence-corrected chi connectivity index (χ2v) is 4.01. The van der Waals surface area contributed by atoms with Gasteiger partial charge in [0.15, 0.2) is 17.8 Å². The Morgan fingerprint density at radius 1 is 1.32 bits per heavy atom. The molecule has 19 heavy (non-hydrogen) atoms. The molecule has 1 aliphatic heterocycles. The van der Waals surface area contributed by atoms with Gasteiger partial charge in [0.25, 0.3) is 0 Å². The summed E-state index contributed by atoms with van der Waals surface area (Å²) >= 11 is 0. The van der Waals surface area contributed by atoms with Gasteiger partial charge in [-0.2, -0.15) is 0 Å². The van der Waals surface area contributed by atoms with E-state index in [1.807, 2.05) is 12.1 Å². The van der Waals surface area contributed by atoms with Gasteiger partial charge < -0.3 is 14.2 Å². The molecule has 0 spiro atoms. The Labute approximate surface area is 109 Å². The highest BCUT2D eigenvalue weighted by Crippen LogP contribution is 2.37. The van der Waals surface area contributed by atoms with Gasteiger partial charge in [-0.25, -0.2) is 0 Å². The Balaban J connectivity index is 1.82. The van der Waals surface area contributed by atoms with E-state index < -0.39 is 0 Å². The van der Waals surface area contributed by atoms with Crippen LogP contribution in [-0.2, 0) is 6.61 Å². The van der Waals surface area contributed by atoms with Crippen molar-refractivity contribution in [3.8, 4) is 17.2 Å². The summed E-state index contributed by atoms with van der Waals surface area (Å²) in [5.41, 5.74) is 1.37. The lowest BCUT2D eigenvalue weighted by atomic mass is 10.2. The molecule has 0 bridgehead atoms. The fourth-order valence-corrected chi connectivity index (χ4v) is 1.80. The summed E-state index contributed by atoms with van der Waals surface area (Å²) in [5, 5.41) is 0. The van der Waals surface area contributed by atoms with Gasteiger partial charge in [0.05, 0.1) is 5.56 Å². The van der Waals surface area contributed by atoms with Crippen molar-refractivity contribution in [3.05, 3.63) is 47.8 Å². The molecular formula is C14H11NO4. The van der Waals surface area contributed by atoms with Crippen LogP contribution >= 0.6 is 0 Å². The zero-order valence-corrected chi connectivity index (χ0v) is 10.0. The molecule has 2 aromatic rings. The molecule has 0 aliphatic carbocycles. The van der Waals surface area contributed by atoms with Gasteiger partial charge >= 0.3 is 0 Å². The van der Waals surface area contributed by atoms with Crippen molar-refractivity contribution in [1.82, 2.24) is 4.98 Å². The molecule has 5 nitrogen and oxygen atoms in total. The van der Waals surface area contributed by atoms with E-state index in [9.17, 15) is 4.79 Å². The molecule has 0 atom stereocenters. The highest BCUT2D eigenvalue weighted by atomic mass is 16.7. The van der Waals surface area contributed by atoms with Crippen molar-refractivity contribution in [3.63, 3.8) is 0 Å². The highest BCUT2D eigenvalue weighted by Gasteiger charge is 2.17. The van der Waals surface area contributed by atoms with E-state index in [1.54, 1.807) is 24.5 Å². The third-order valence-electron chi connectivity index (χ3n) is 2.75. The lowest BCUT2D eigenvalue weighted by Gasteiger charge is -2.09. The summed E-state index contributed by atoms with van der Waals surface area (Å²) in [7, 11) is 0. The lowest BCUT2D eigenvalue weighted by Crippen LogP contribution is -1.98. The molecule has 0 saturated carbocycles. The lowest BCUT2D eigenvalue weighted by molar-refractivity contribution is 0.111. The first-order valence-electron chi connectivity index (χ1n) is 5.77. The van der Waals surface area contributed by atoms with Crippen LogP contribution in [0.3, 0.4) is 0 Å². The number of carbonyl (C=O) groups is 1. The number of hydrogen-bond acceptors (Lipinski definition) is 5. The number of benzene rings is 1. The fourth-order valence-electron chi connectivity index (χ4n) is 1.80. The maximum atomic E-state index is 11.0. The van der Waals surface area contributed by atoms with E-state index in [2.05, 4.69) is 4.98 Å². The quantitative estimate of drug-likeness (QED) is 0.786. The fraction of sp³-hybridized carbons (Fsp3) is 0.143. The standard InChI is InChI=1S/C14H11NO4/c16-7-11-4-13-14(19-9-18-13)5-12(11)17-8-10-2-1-3-15-6-10/h1-7H,8-9H2. The summed E-state index contributed by atoms with van der Waals surface area (Å²) in [5.74, 6) is 1.63. The van der Waals surface area contributed by atoms with E-state index in [-0.39, 0.29) is 6.79 Å². The third-order valence-corrected chi connectivity index (χ3v) is 2.75. The summed E-state index contributed by atoms with van der Waals surface area (Å²) < 4.78 is 16.1. The van der Waals surface area contributed by atoms with Crippen molar-refractivity contribution in [1.29, 1.82) is 0 Å². The van der Waals surface area contributed by atoms with Crippen LogP contribution in [0.1, 0.15) is 15.9 Å². The number of fused-ring (bicyclic) bond motifs is 1. The van der Waals surface area contributed by atoms with Crippen molar-refractivity contribution in [2.75, 3.05) is 6.79 Å². The molecule has 1 aliphatic rings. The zero-order chi connectivity index (χ0) is 13.1. The van der Waals surface area contributed by atoms with Gasteiger partial charge in [0.1, 0.15) is 12.4 Å². The van der Waals surface area contributed by atoms with Gasteiger partial charge in [0.2, 0.25) is 6.79 Å². The number of aromatic nitrogens is 1. The Morgan fingerprint density at radius 2 is 2.16 bits per heavy atom. The number of ether oxygens (including phenoxy) is 3. The van der Waals surface area contributed by atoms with Gasteiger partial charge in [-0.1, -0.05) is 6.07 Å². The number of hydrogen-bond donors (Lipinski definition) is 0. The average molecular weight is 257 g/mol. The minimum Gasteiger partial charge on any atom is -0.488 e. The molecule has 96 valence electrons. The molecule has 0 saturated heterocycles. The van der Waals surface area contributed by atoms with Crippen molar-refractivity contribution < 1.29 is 19.0 Å². The van der Waals surface area contributed by atoms with E-state index in [0.717, 1.165) is 11.8 Å². The Kier molecular flexibility index (Phi) is 3.02. The molecule has 1 aromatic carbocycles. The van der Waals surface area contributed by atoms with E-state index in [1.165, 1.54) is 0 Å². The minimum absolute atomic E-state index is 0.166. The monoisotopic (exact) mass is 257 g/mol. The normalized spacial score (nSPS) is 12.2. The Morgan fingerprint density at radius 3 is 2.89 bits per heavy atom. The van der Waals surface area contributed by atoms with Crippen molar-refractivity contribution in [2.45, 2.75) is 6.61 Å². The molecule has 2 heterocycles. The van der Waals surface area contributed by atoms with E-state index in [4.69, 9.17) is 14.2 Å². The van der Waals surface area contributed by atoms with Crippen LogP contribution in [0.4, 0.5) is 0 Å². The van der Waals surface area contributed by atoms with Crippen LogP contribution < -0.4 is 14.2 Å². The van der Waals surface area contributed by atoms with Crippen LogP contribution in [0.2, 0.25) is 0 Å². The SMILES string of the molecule is O=Cc1cc2c(cc1OCc1cccnc1)OCO2. The van der Waals surface area contributed by atoms with Crippen LogP contribution in [0, 0.1) is 0 Å². The van der Waals surface area contributed by atoms with Crippen LogP contribution in [0.5, 0.6) is 17.2 Å². The first-order chi connectivity index (χ1) is 9.36. The number of rotatable bonds is 4. The number of carbonyl (C=O) groups excluding carboxylic acids is 1. The topological polar surface area (TPSA) is 57.7 Å². The van der Waals surface area contributed by atoms with E-state index >= 15 is 0 Å². The van der Waals surface area contributed by atoms with Gasteiger partial charge in [-0.3, -0.25) is 9.78 Å². The summed E-state index contributed by atoms with van der Waals surface area (Å²) in [6.45, 7) is 0.508. The van der Waals surface area contributed by atoms with Gasteiger partial charge in [-0.15, -0.1) is 0 Å². The molecule has 1 aromatic heterocycles. The maximum Gasteiger partial charge on any atom is 0.231 e. The van der Waals surface area contributed by atoms with Crippen molar-refractivity contribution in [2.24, 2.45) is 0 Å². The van der Waals surface area contributed by atoms with Crippen LogP contribution in [-0.4, -0.2) is 18.1 Å². The Bertz CT molecular complexity index is 598. The van der Waals surface area contributed by atoms with E-state index in [0.29, 0.717) is 29.4 Å². The number of nitrogens with zero attached hydrogens (tertiary/aromatic N) is 1. The molecule has 3 rings (SSSR count). The predicted molar refractivity (Wildman–Crippen MR) is 66.5 cm³/mol. The first kappa shape index (κ1) is 11.5. The summed E-state index contributed by atoms with van der Waals surface area (Å²) in [4.78, 5) is 15.1. The smallest absolute Gasteiger partial charge is 0.231 e. The third kappa shape index (κ3) is 2.35. The molecule has 5 heteroatoms. The largest absolute Gasteiger partial charge is 0.488 e. The molecule has 0 unspecified atom stereocenters. The summed E-state index contributed by atoms with van der Waals surface area (Å²) in [6, 6.07) is 7.02. The Hall–Kier alpha value is -2.56. The summed E-state index contributed by atoms with van der Waals surface area (Å²) in [6.07, 6.45) is 4.15.